The third-order valence-corrected chi connectivity index (χ3v) is 4.40. The van der Waals surface area contributed by atoms with Crippen LogP contribution in [-0.4, -0.2) is 37.1 Å². The molecule has 3 aromatic carbocycles. The number of halogens is 1. The quantitative estimate of drug-likeness (QED) is 0.219. The minimum absolute atomic E-state index is 0.231. The van der Waals surface area contributed by atoms with Gasteiger partial charge >= 0.3 is 5.97 Å². The van der Waals surface area contributed by atoms with Gasteiger partial charge < -0.3 is 14.8 Å². The fourth-order valence-electron chi connectivity index (χ4n) is 2.77. The molecule has 0 bridgehead atoms. The Morgan fingerprint density at radius 2 is 1.68 bits per heavy atom. The first-order valence-corrected chi connectivity index (χ1v) is 10.4. The van der Waals surface area contributed by atoms with Crippen LogP contribution in [0.5, 0.6) is 11.5 Å². The van der Waals surface area contributed by atoms with Crippen molar-refractivity contribution in [3.05, 3.63) is 95.3 Å². The van der Waals surface area contributed by atoms with Gasteiger partial charge in [0.15, 0.2) is 11.5 Å². The first kappa shape index (κ1) is 24.1. The van der Waals surface area contributed by atoms with E-state index in [1.165, 1.54) is 18.3 Å². The highest BCUT2D eigenvalue weighted by Crippen LogP contribution is 2.29. The molecule has 0 spiro atoms. The Balaban J connectivity index is 1.55. The smallest absolute Gasteiger partial charge is 0.343 e. The highest BCUT2D eigenvalue weighted by atomic mass is 19.1. The summed E-state index contributed by atoms with van der Waals surface area (Å²) in [5.74, 6) is -1.45. The molecule has 3 rings (SSSR count). The Kier molecular flexibility index (Phi) is 8.45. The van der Waals surface area contributed by atoms with Crippen molar-refractivity contribution in [3.8, 4) is 11.5 Å². The van der Waals surface area contributed by atoms with Gasteiger partial charge in [0, 0.05) is 5.56 Å². The molecule has 0 aliphatic carbocycles. The van der Waals surface area contributed by atoms with E-state index in [1.807, 2.05) is 0 Å². The zero-order valence-corrected chi connectivity index (χ0v) is 18.3. The van der Waals surface area contributed by atoms with Crippen molar-refractivity contribution >= 4 is 24.0 Å². The van der Waals surface area contributed by atoms with Crippen molar-refractivity contribution in [1.82, 2.24) is 10.7 Å². The molecule has 2 N–H and O–H groups in total. The number of hydrazone groups is 1. The van der Waals surface area contributed by atoms with E-state index >= 15 is 0 Å². The third-order valence-electron chi connectivity index (χ3n) is 4.40. The number of rotatable bonds is 9. The van der Waals surface area contributed by atoms with E-state index in [-0.39, 0.29) is 17.9 Å². The molecule has 34 heavy (non-hydrogen) atoms. The first-order chi connectivity index (χ1) is 16.5. The standard InChI is InChI=1S/C25H22FN3O5/c1-2-33-22-14-17(8-13-21(22)34-25(32)19-6-4-3-5-7-19)15-28-29-23(30)16-27-24(31)18-9-11-20(26)12-10-18/h3-15H,2,16H2,1H3,(H,27,31)(H,29,30)/b28-15-. The highest BCUT2D eigenvalue weighted by molar-refractivity contribution is 5.96. The summed E-state index contributed by atoms with van der Waals surface area (Å²) in [6, 6.07) is 18.3. The van der Waals surface area contributed by atoms with Crippen molar-refractivity contribution in [2.75, 3.05) is 13.2 Å². The largest absolute Gasteiger partial charge is 0.490 e. The van der Waals surface area contributed by atoms with Crippen LogP contribution >= 0.6 is 0 Å². The second-order valence-electron chi connectivity index (χ2n) is 6.88. The number of nitrogens with one attached hydrogen (secondary N) is 2. The Bertz CT molecular complexity index is 1180. The molecule has 0 saturated heterocycles. The van der Waals surface area contributed by atoms with E-state index in [0.717, 1.165) is 12.1 Å². The molecular formula is C25H22FN3O5. The second kappa shape index (κ2) is 11.9. The van der Waals surface area contributed by atoms with Crippen LogP contribution in [0.15, 0.2) is 77.9 Å². The Morgan fingerprint density at radius 1 is 0.941 bits per heavy atom. The van der Waals surface area contributed by atoms with Crippen molar-refractivity contribution in [2.24, 2.45) is 5.10 Å². The summed E-state index contributed by atoms with van der Waals surface area (Å²) in [5.41, 5.74) is 3.52. The molecule has 0 heterocycles. The number of hydrogen-bond acceptors (Lipinski definition) is 6. The average Bonchev–Trinajstić information content (AvgIpc) is 2.85. The van der Waals surface area contributed by atoms with Crippen molar-refractivity contribution < 1.29 is 28.2 Å². The van der Waals surface area contributed by atoms with E-state index in [0.29, 0.717) is 23.5 Å². The summed E-state index contributed by atoms with van der Waals surface area (Å²) in [6.07, 6.45) is 1.38. The number of nitrogens with zero attached hydrogens (tertiary/aromatic N) is 1. The average molecular weight is 463 g/mol. The summed E-state index contributed by atoms with van der Waals surface area (Å²) >= 11 is 0. The predicted molar refractivity (Wildman–Crippen MR) is 123 cm³/mol. The molecule has 0 radical (unpaired) electrons. The molecule has 0 atom stereocenters. The monoisotopic (exact) mass is 463 g/mol. The van der Waals surface area contributed by atoms with Crippen LogP contribution in [0.4, 0.5) is 4.39 Å². The topological polar surface area (TPSA) is 106 Å². The summed E-state index contributed by atoms with van der Waals surface area (Å²) < 4.78 is 23.9. The maximum absolute atomic E-state index is 12.9. The molecule has 0 unspecified atom stereocenters. The molecule has 0 saturated carbocycles. The molecule has 8 nitrogen and oxygen atoms in total. The number of amides is 2. The molecule has 0 fully saturated rings. The van der Waals surface area contributed by atoms with Gasteiger partial charge in [0.2, 0.25) is 0 Å². The number of carbonyl (C=O) groups excluding carboxylic acids is 3. The van der Waals surface area contributed by atoms with E-state index in [9.17, 15) is 18.8 Å². The van der Waals surface area contributed by atoms with Gasteiger partial charge in [0.05, 0.1) is 24.9 Å². The maximum atomic E-state index is 12.9. The van der Waals surface area contributed by atoms with Crippen LogP contribution < -0.4 is 20.2 Å². The lowest BCUT2D eigenvalue weighted by molar-refractivity contribution is -0.120. The number of ether oxygens (including phenoxy) is 2. The molecule has 0 aliphatic rings. The minimum Gasteiger partial charge on any atom is -0.490 e. The van der Waals surface area contributed by atoms with E-state index in [1.54, 1.807) is 55.5 Å². The fraction of sp³-hybridized carbons (Fsp3) is 0.120. The maximum Gasteiger partial charge on any atom is 0.343 e. The van der Waals surface area contributed by atoms with Gasteiger partial charge in [-0.1, -0.05) is 18.2 Å². The summed E-state index contributed by atoms with van der Waals surface area (Å²) in [6.45, 7) is 1.83. The molecule has 174 valence electrons. The van der Waals surface area contributed by atoms with E-state index in [4.69, 9.17) is 9.47 Å². The van der Waals surface area contributed by atoms with Gasteiger partial charge in [0.1, 0.15) is 5.82 Å². The number of hydrogen-bond donors (Lipinski definition) is 2. The van der Waals surface area contributed by atoms with Gasteiger partial charge in [-0.3, -0.25) is 9.59 Å². The van der Waals surface area contributed by atoms with Crippen LogP contribution in [-0.2, 0) is 4.79 Å². The first-order valence-electron chi connectivity index (χ1n) is 10.4. The zero-order chi connectivity index (χ0) is 24.3. The minimum atomic E-state index is -0.551. The third kappa shape index (κ3) is 6.99. The Hall–Kier alpha value is -4.53. The number of benzene rings is 3. The lowest BCUT2D eigenvalue weighted by Crippen LogP contribution is -2.34. The Morgan fingerprint density at radius 3 is 2.38 bits per heavy atom. The second-order valence-corrected chi connectivity index (χ2v) is 6.88. The van der Waals surface area contributed by atoms with Crippen LogP contribution in [0.1, 0.15) is 33.2 Å². The lowest BCUT2D eigenvalue weighted by atomic mass is 10.2. The normalized spacial score (nSPS) is 10.5. The van der Waals surface area contributed by atoms with Gasteiger partial charge in [-0.2, -0.15) is 5.10 Å². The summed E-state index contributed by atoms with van der Waals surface area (Å²) in [7, 11) is 0. The van der Waals surface area contributed by atoms with Crippen molar-refractivity contribution in [2.45, 2.75) is 6.92 Å². The molecule has 0 aromatic heterocycles. The van der Waals surface area contributed by atoms with Gasteiger partial charge in [0.25, 0.3) is 11.8 Å². The number of carbonyl (C=O) groups is 3. The summed E-state index contributed by atoms with van der Waals surface area (Å²) in [5, 5.41) is 6.27. The molecule has 9 heteroatoms. The molecule has 0 aliphatic heterocycles. The van der Waals surface area contributed by atoms with Gasteiger partial charge in [-0.05, 0) is 67.1 Å². The summed E-state index contributed by atoms with van der Waals surface area (Å²) in [4.78, 5) is 36.2. The van der Waals surface area contributed by atoms with E-state index in [2.05, 4.69) is 15.8 Å². The Labute approximate surface area is 195 Å². The van der Waals surface area contributed by atoms with Crippen LogP contribution in [0.2, 0.25) is 0 Å². The lowest BCUT2D eigenvalue weighted by Gasteiger charge is -2.11. The van der Waals surface area contributed by atoms with Crippen molar-refractivity contribution in [1.29, 1.82) is 0 Å². The molecule has 2 amide bonds. The fourth-order valence-corrected chi connectivity index (χ4v) is 2.77. The highest BCUT2D eigenvalue weighted by Gasteiger charge is 2.13. The molecule has 3 aromatic rings. The van der Waals surface area contributed by atoms with Gasteiger partial charge in [-0.25, -0.2) is 14.6 Å². The van der Waals surface area contributed by atoms with Crippen molar-refractivity contribution in [3.63, 3.8) is 0 Å². The number of esters is 1. The predicted octanol–water partition coefficient (Wildman–Crippen LogP) is 3.32. The van der Waals surface area contributed by atoms with Crippen LogP contribution in [0.3, 0.4) is 0 Å². The van der Waals surface area contributed by atoms with E-state index < -0.39 is 23.6 Å². The van der Waals surface area contributed by atoms with Gasteiger partial charge in [-0.15, -0.1) is 0 Å². The SMILES string of the molecule is CCOc1cc(/C=N\NC(=O)CNC(=O)c2ccc(F)cc2)ccc1OC(=O)c1ccccc1. The van der Waals surface area contributed by atoms with Crippen LogP contribution in [0, 0.1) is 5.82 Å². The molecular weight excluding hydrogens is 441 g/mol. The zero-order valence-electron chi connectivity index (χ0n) is 18.3. The van der Waals surface area contributed by atoms with Crippen LogP contribution in [0.25, 0.3) is 0 Å².